The summed E-state index contributed by atoms with van der Waals surface area (Å²) in [7, 11) is 0. The molecule has 1 aliphatic heterocycles. The minimum absolute atomic E-state index is 0.0145. The lowest BCUT2D eigenvalue weighted by Crippen LogP contribution is -2.28. The number of nitrogens with zero attached hydrogens (tertiary/aromatic N) is 1. The highest BCUT2D eigenvalue weighted by atomic mass is 127. The van der Waals surface area contributed by atoms with E-state index in [-0.39, 0.29) is 11.8 Å². The lowest BCUT2D eigenvalue weighted by molar-refractivity contribution is -0.384. The Balaban J connectivity index is 2.42. The Kier molecular flexibility index (Phi) is 3.08. The summed E-state index contributed by atoms with van der Waals surface area (Å²) in [5.41, 5.74) is 1.15. The van der Waals surface area contributed by atoms with Crippen LogP contribution in [0.4, 0.5) is 5.69 Å². The number of fused-ring (bicyclic) bond motifs is 1. The lowest BCUT2D eigenvalue weighted by Gasteiger charge is -2.22. The van der Waals surface area contributed by atoms with E-state index in [0.29, 0.717) is 22.0 Å². The topological polar surface area (TPSA) is 69.4 Å². The first kappa shape index (κ1) is 11.3. The minimum atomic E-state index is -0.459. The van der Waals surface area contributed by atoms with Gasteiger partial charge in [0, 0.05) is 23.0 Å². The molecule has 0 N–H and O–H groups in total. The molecule has 1 unspecified atom stereocenters. The van der Waals surface area contributed by atoms with Crippen molar-refractivity contribution in [1.29, 1.82) is 0 Å². The van der Waals surface area contributed by atoms with Gasteiger partial charge in [-0.1, -0.05) is 22.6 Å². The molecule has 0 bridgehead atoms. The van der Waals surface area contributed by atoms with E-state index in [0.717, 1.165) is 0 Å². The van der Waals surface area contributed by atoms with Crippen molar-refractivity contribution in [2.24, 2.45) is 0 Å². The maximum atomic E-state index is 11.5. The van der Waals surface area contributed by atoms with Crippen molar-refractivity contribution in [2.75, 3.05) is 4.43 Å². The van der Waals surface area contributed by atoms with Crippen LogP contribution in [-0.2, 0) is 11.2 Å². The molecule has 0 fully saturated rings. The van der Waals surface area contributed by atoms with E-state index in [4.69, 9.17) is 4.74 Å². The second-order valence-corrected chi connectivity index (χ2v) is 4.37. The summed E-state index contributed by atoms with van der Waals surface area (Å²) in [6.07, 6.45) is 0.369. The van der Waals surface area contributed by atoms with Gasteiger partial charge in [-0.05, 0) is 11.6 Å². The van der Waals surface area contributed by atoms with Crippen LogP contribution in [0, 0.1) is 10.1 Å². The number of carbonyl (C=O) groups is 1. The van der Waals surface area contributed by atoms with Gasteiger partial charge in [-0.3, -0.25) is 10.1 Å². The van der Waals surface area contributed by atoms with Crippen molar-refractivity contribution in [1.82, 2.24) is 0 Å². The molecule has 5 nitrogen and oxygen atoms in total. The van der Waals surface area contributed by atoms with E-state index in [1.807, 2.05) is 0 Å². The number of cyclic esters (lactones) is 1. The molecule has 0 radical (unpaired) electrons. The molecule has 6 heteroatoms. The summed E-state index contributed by atoms with van der Waals surface area (Å²) >= 11 is 2.13. The number of rotatable bonds is 2. The lowest BCUT2D eigenvalue weighted by atomic mass is 9.99. The zero-order valence-corrected chi connectivity index (χ0v) is 10.3. The van der Waals surface area contributed by atoms with E-state index in [9.17, 15) is 14.9 Å². The van der Waals surface area contributed by atoms with E-state index in [1.165, 1.54) is 18.2 Å². The first-order valence-corrected chi connectivity index (χ1v) is 6.18. The Labute approximate surface area is 105 Å². The number of alkyl halides is 1. The van der Waals surface area contributed by atoms with Crippen LogP contribution in [-0.4, -0.2) is 21.4 Å². The van der Waals surface area contributed by atoms with Crippen LogP contribution in [0.25, 0.3) is 0 Å². The Morgan fingerprint density at radius 1 is 1.56 bits per heavy atom. The van der Waals surface area contributed by atoms with Crippen LogP contribution in [0.2, 0.25) is 0 Å². The van der Waals surface area contributed by atoms with Crippen molar-refractivity contribution in [3.8, 4) is 0 Å². The number of ether oxygens (including phenoxy) is 1. The zero-order valence-electron chi connectivity index (χ0n) is 8.18. The van der Waals surface area contributed by atoms with Gasteiger partial charge in [0.2, 0.25) is 0 Å². The summed E-state index contributed by atoms with van der Waals surface area (Å²) in [6.45, 7) is 0. The number of esters is 1. The molecule has 1 aromatic carbocycles. The Morgan fingerprint density at radius 2 is 2.31 bits per heavy atom. The molecular formula is C10H8INO4. The maximum Gasteiger partial charge on any atom is 0.338 e. The molecule has 0 aromatic heterocycles. The van der Waals surface area contributed by atoms with Crippen molar-refractivity contribution in [2.45, 2.75) is 12.5 Å². The predicted octanol–water partition coefficient (Wildman–Crippen LogP) is 2.11. The number of halogens is 1. The fourth-order valence-electron chi connectivity index (χ4n) is 1.65. The molecule has 0 saturated carbocycles. The number of nitro groups is 1. The third-order valence-electron chi connectivity index (χ3n) is 2.41. The molecule has 1 aromatic rings. The normalized spacial score (nSPS) is 18.8. The smallest absolute Gasteiger partial charge is 0.338 e. The van der Waals surface area contributed by atoms with Crippen molar-refractivity contribution in [3.05, 3.63) is 39.4 Å². The standard InChI is InChI=1S/C10H8INO4/c11-5-8-4-6-3-7(12(14)15)1-2-9(6)10(13)16-8/h1-3,8H,4-5H2. The Morgan fingerprint density at radius 3 is 2.94 bits per heavy atom. The van der Waals surface area contributed by atoms with Gasteiger partial charge < -0.3 is 4.74 Å². The zero-order chi connectivity index (χ0) is 11.7. The molecule has 0 spiro atoms. The Bertz CT molecular complexity index is 460. The fraction of sp³-hybridized carbons (Fsp3) is 0.300. The largest absolute Gasteiger partial charge is 0.458 e. The third kappa shape index (κ3) is 2.01. The molecular weight excluding hydrogens is 325 g/mol. The Hall–Kier alpha value is -1.18. The van der Waals surface area contributed by atoms with E-state index < -0.39 is 10.9 Å². The second-order valence-electron chi connectivity index (χ2n) is 3.48. The van der Waals surface area contributed by atoms with Crippen molar-refractivity contribution >= 4 is 34.2 Å². The van der Waals surface area contributed by atoms with Crippen LogP contribution in [0.5, 0.6) is 0 Å². The quantitative estimate of drug-likeness (QED) is 0.273. The van der Waals surface area contributed by atoms with Crippen LogP contribution in [0.15, 0.2) is 18.2 Å². The highest BCUT2D eigenvalue weighted by molar-refractivity contribution is 14.1. The molecule has 0 aliphatic carbocycles. The van der Waals surface area contributed by atoms with Crippen molar-refractivity contribution in [3.63, 3.8) is 0 Å². The van der Waals surface area contributed by atoms with Gasteiger partial charge in [0.05, 0.1) is 10.5 Å². The molecule has 84 valence electrons. The summed E-state index contributed by atoms with van der Waals surface area (Å²) in [4.78, 5) is 21.7. The average molecular weight is 333 g/mol. The predicted molar refractivity (Wildman–Crippen MR) is 64.9 cm³/mol. The molecule has 1 atom stereocenters. The second kappa shape index (κ2) is 4.36. The number of non-ortho nitro benzene ring substituents is 1. The number of hydrogen-bond donors (Lipinski definition) is 0. The monoisotopic (exact) mass is 333 g/mol. The van der Waals surface area contributed by atoms with Crippen LogP contribution in [0.3, 0.4) is 0 Å². The van der Waals surface area contributed by atoms with Crippen molar-refractivity contribution < 1.29 is 14.5 Å². The summed E-state index contributed by atoms with van der Waals surface area (Å²) in [5.74, 6) is -0.391. The highest BCUT2D eigenvalue weighted by Gasteiger charge is 2.27. The van der Waals surface area contributed by atoms with Crippen LogP contribution < -0.4 is 0 Å². The maximum absolute atomic E-state index is 11.5. The molecule has 2 rings (SSSR count). The molecule has 1 heterocycles. The van der Waals surface area contributed by atoms with Gasteiger partial charge in [0.25, 0.3) is 5.69 Å². The first-order chi connectivity index (χ1) is 7.61. The SMILES string of the molecule is O=C1OC(CI)Cc2cc([N+](=O)[O-])ccc21. The number of hydrogen-bond acceptors (Lipinski definition) is 4. The van der Waals surface area contributed by atoms with Gasteiger partial charge in [-0.2, -0.15) is 0 Å². The average Bonchev–Trinajstić information content (AvgIpc) is 2.28. The molecule has 0 saturated heterocycles. The first-order valence-electron chi connectivity index (χ1n) is 4.66. The van der Waals surface area contributed by atoms with Crippen LogP contribution >= 0.6 is 22.6 Å². The van der Waals surface area contributed by atoms with Gasteiger partial charge in [-0.25, -0.2) is 4.79 Å². The third-order valence-corrected chi connectivity index (χ3v) is 3.40. The summed E-state index contributed by atoms with van der Waals surface area (Å²) in [5, 5.41) is 10.6. The molecule has 1 aliphatic rings. The summed E-state index contributed by atoms with van der Waals surface area (Å²) < 4.78 is 5.83. The minimum Gasteiger partial charge on any atom is -0.458 e. The molecule has 0 amide bonds. The fourth-order valence-corrected chi connectivity index (χ4v) is 2.14. The summed E-state index contributed by atoms with van der Waals surface area (Å²) in [6, 6.07) is 4.23. The van der Waals surface area contributed by atoms with E-state index in [2.05, 4.69) is 22.6 Å². The van der Waals surface area contributed by atoms with Crippen LogP contribution in [0.1, 0.15) is 15.9 Å². The number of carbonyl (C=O) groups excluding carboxylic acids is 1. The molecule has 16 heavy (non-hydrogen) atoms. The van der Waals surface area contributed by atoms with Gasteiger partial charge in [-0.15, -0.1) is 0 Å². The number of benzene rings is 1. The number of nitro benzene ring substituents is 1. The highest BCUT2D eigenvalue weighted by Crippen LogP contribution is 2.25. The van der Waals surface area contributed by atoms with E-state index in [1.54, 1.807) is 0 Å². The van der Waals surface area contributed by atoms with Gasteiger partial charge in [0.1, 0.15) is 6.10 Å². The van der Waals surface area contributed by atoms with Gasteiger partial charge >= 0.3 is 5.97 Å². The van der Waals surface area contributed by atoms with E-state index >= 15 is 0 Å². The van der Waals surface area contributed by atoms with Gasteiger partial charge in [0.15, 0.2) is 0 Å².